The lowest BCUT2D eigenvalue weighted by molar-refractivity contribution is 0.463. The summed E-state index contributed by atoms with van der Waals surface area (Å²) in [4.78, 5) is 0. The number of hydrogen-bond donors (Lipinski definition) is 1. The molecule has 0 aliphatic heterocycles. The molecule has 2 aromatic rings. The first kappa shape index (κ1) is 14.3. The lowest BCUT2D eigenvalue weighted by Crippen LogP contribution is -2.27. The van der Waals surface area contributed by atoms with E-state index < -0.39 is 10.0 Å². The Morgan fingerprint density at radius 2 is 2.05 bits per heavy atom. The number of benzene rings is 1. The van der Waals surface area contributed by atoms with Gasteiger partial charge in [0.2, 0.25) is 0 Å². The average Bonchev–Trinajstić information content (AvgIpc) is 2.89. The smallest absolute Gasteiger partial charge is 0.260 e. The average molecular weight is 320 g/mol. The molecule has 2 rings (SSSR count). The summed E-state index contributed by atoms with van der Waals surface area (Å²) in [6.45, 7) is 0.126. The van der Waals surface area contributed by atoms with E-state index in [0.29, 0.717) is 15.6 Å². The lowest BCUT2D eigenvalue weighted by Gasteiger charge is -2.17. The normalized spacial score (nSPS) is 12.0. The number of halogens is 2. The SMILES string of the molecule is CN(Cc1cccc(Cl)c1Cl)S(=O)(=O)c1ccn[nH]1. The zero-order valence-electron chi connectivity index (χ0n) is 9.97. The van der Waals surface area contributed by atoms with Gasteiger partial charge in [-0.3, -0.25) is 5.10 Å². The maximum Gasteiger partial charge on any atom is 0.260 e. The quantitative estimate of drug-likeness (QED) is 0.941. The van der Waals surface area contributed by atoms with Gasteiger partial charge in [0, 0.05) is 13.6 Å². The van der Waals surface area contributed by atoms with E-state index in [1.54, 1.807) is 18.2 Å². The Morgan fingerprint density at radius 3 is 2.68 bits per heavy atom. The van der Waals surface area contributed by atoms with E-state index in [-0.39, 0.29) is 11.6 Å². The Labute approximate surface area is 121 Å². The van der Waals surface area contributed by atoms with Gasteiger partial charge in [-0.25, -0.2) is 8.42 Å². The van der Waals surface area contributed by atoms with E-state index in [4.69, 9.17) is 23.2 Å². The summed E-state index contributed by atoms with van der Waals surface area (Å²) in [5.41, 5.74) is 0.639. The summed E-state index contributed by atoms with van der Waals surface area (Å²) in [6.07, 6.45) is 1.38. The molecule has 0 bridgehead atoms. The monoisotopic (exact) mass is 319 g/mol. The topological polar surface area (TPSA) is 66.1 Å². The Hall–Kier alpha value is -1.08. The number of sulfonamides is 1. The van der Waals surface area contributed by atoms with Crippen molar-refractivity contribution in [2.45, 2.75) is 11.6 Å². The van der Waals surface area contributed by atoms with E-state index in [1.807, 2.05) is 0 Å². The maximum absolute atomic E-state index is 12.2. The number of H-pyrrole nitrogens is 1. The largest absolute Gasteiger partial charge is 0.266 e. The van der Waals surface area contributed by atoms with E-state index in [9.17, 15) is 8.42 Å². The Morgan fingerprint density at radius 1 is 1.32 bits per heavy atom. The van der Waals surface area contributed by atoms with E-state index in [0.717, 1.165) is 0 Å². The molecule has 8 heteroatoms. The van der Waals surface area contributed by atoms with Crippen LogP contribution in [0.15, 0.2) is 35.5 Å². The molecule has 1 aromatic carbocycles. The summed E-state index contributed by atoms with van der Waals surface area (Å²) in [7, 11) is -2.14. The molecule has 0 fully saturated rings. The molecule has 5 nitrogen and oxygen atoms in total. The third-order valence-electron chi connectivity index (χ3n) is 2.59. The molecule has 1 N–H and O–H groups in total. The van der Waals surface area contributed by atoms with Crippen LogP contribution >= 0.6 is 23.2 Å². The molecule has 19 heavy (non-hydrogen) atoms. The van der Waals surface area contributed by atoms with Crippen LogP contribution in [0.5, 0.6) is 0 Å². The number of hydrogen-bond acceptors (Lipinski definition) is 3. The minimum atomic E-state index is -3.61. The van der Waals surface area contributed by atoms with Crippen molar-refractivity contribution in [3.63, 3.8) is 0 Å². The second-order valence-electron chi connectivity index (χ2n) is 3.89. The Bertz CT molecular complexity index is 671. The number of aromatic nitrogens is 2. The van der Waals surface area contributed by atoms with Gasteiger partial charge in [0.25, 0.3) is 10.0 Å². The van der Waals surface area contributed by atoms with Gasteiger partial charge in [-0.05, 0) is 17.7 Å². The summed E-state index contributed by atoms with van der Waals surface area (Å²) in [6, 6.07) is 6.50. The van der Waals surface area contributed by atoms with Crippen LogP contribution in [0.1, 0.15) is 5.56 Å². The summed E-state index contributed by atoms with van der Waals surface area (Å²) < 4.78 is 25.5. The van der Waals surface area contributed by atoms with Crippen molar-refractivity contribution >= 4 is 33.2 Å². The molecule has 0 amide bonds. The Balaban J connectivity index is 2.27. The van der Waals surface area contributed by atoms with E-state index >= 15 is 0 Å². The standard InChI is InChI=1S/C11H11Cl2N3O2S/c1-16(19(17,18)10-5-6-14-15-10)7-8-3-2-4-9(12)11(8)13/h2-6H,7H2,1H3,(H,14,15). The number of aromatic amines is 1. The lowest BCUT2D eigenvalue weighted by atomic mass is 10.2. The van der Waals surface area contributed by atoms with Gasteiger partial charge in [-0.1, -0.05) is 35.3 Å². The first-order chi connectivity index (χ1) is 8.93. The van der Waals surface area contributed by atoms with Gasteiger partial charge in [-0.2, -0.15) is 9.40 Å². The van der Waals surface area contributed by atoms with Gasteiger partial charge >= 0.3 is 0 Å². The molecular formula is C11H11Cl2N3O2S. The highest BCUT2D eigenvalue weighted by Gasteiger charge is 2.23. The molecule has 102 valence electrons. The molecule has 1 aromatic heterocycles. The van der Waals surface area contributed by atoms with Crippen LogP contribution in [0.4, 0.5) is 0 Å². The molecule has 0 saturated heterocycles. The van der Waals surface area contributed by atoms with Crippen molar-refractivity contribution in [3.8, 4) is 0 Å². The van der Waals surface area contributed by atoms with Gasteiger partial charge in [0.15, 0.2) is 5.03 Å². The zero-order chi connectivity index (χ0) is 14.0. The summed E-state index contributed by atoms with van der Waals surface area (Å²) >= 11 is 11.9. The van der Waals surface area contributed by atoms with Crippen molar-refractivity contribution in [3.05, 3.63) is 46.1 Å². The molecule has 0 aliphatic carbocycles. The second-order valence-corrected chi connectivity index (χ2v) is 6.69. The van der Waals surface area contributed by atoms with Gasteiger partial charge in [0.1, 0.15) is 0 Å². The third kappa shape index (κ3) is 2.92. The molecule has 0 spiro atoms. The van der Waals surface area contributed by atoms with Crippen LogP contribution in [0.2, 0.25) is 10.0 Å². The van der Waals surface area contributed by atoms with Gasteiger partial charge in [-0.15, -0.1) is 0 Å². The molecule has 0 saturated carbocycles. The predicted octanol–water partition coefficient (Wildman–Crippen LogP) is 2.54. The van der Waals surface area contributed by atoms with Crippen molar-refractivity contribution in [1.82, 2.24) is 14.5 Å². The fraction of sp³-hybridized carbons (Fsp3) is 0.182. The fourth-order valence-corrected chi connectivity index (χ4v) is 2.98. The fourth-order valence-electron chi connectivity index (χ4n) is 1.55. The summed E-state index contributed by atoms with van der Waals surface area (Å²) in [5.74, 6) is 0. The van der Waals surface area contributed by atoms with Crippen molar-refractivity contribution in [2.24, 2.45) is 0 Å². The van der Waals surface area contributed by atoms with Crippen LogP contribution in [0, 0.1) is 0 Å². The van der Waals surface area contributed by atoms with Crippen LogP contribution in [-0.2, 0) is 16.6 Å². The van der Waals surface area contributed by atoms with Crippen LogP contribution in [-0.4, -0.2) is 30.0 Å². The molecule has 1 heterocycles. The zero-order valence-corrected chi connectivity index (χ0v) is 12.3. The highest BCUT2D eigenvalue weighted by atomic mass is 35.5. The molecular weight excluding hydrogens is 309 g/mol. The van der Waals surface area contributed by atoms with Crippen molar-refractivity contribution in [1.29, 1.82) is 0 Å². The third-order valence-corrected chi connectivity index (χ3v) is 5.18. The number of nitrogens with zero attached hydrogens (tertiary/aromatic N) is 2. The van der Waals surface area contributed by atoms with Gasteiger partial charge in [0.05, 0.1) is 16.2 Å². The first-order valence-electron chi connectivity index (χ1n) is 5.31. The maximum atomic E-state index is 12.2. The van der Waals surface area contributed by atoms with E-state index in [2.05, 4.69) is 10.2 Å². The Kier molecular flexibility index (Phi) is 4.15. The van der Waals surface area contributed by atoms with Crippen molar-refractivity contribution in [2.75, 3.05) is 7.05 Å². The number of rotatable bonds is 4. The minimum Gasteiger partial charge on any atom is -0.266 e. The van der Waals surface area contributed by atoms with Crippen molar-refractivity contribution < 1.29 is 8.42 Å². The highest BCUT2D eigenvalue weighted by Crippen LogP contribution is 2.27. The first-order valence-corrected chi connectivity index (χ1v) is 7.51. The molecule has 0 aliphatic rings. The minimum absolute atomic E-state index is 0.0353. The summed E-state index contributed by atoms with van der Waals surface area (Å²) in [5, 5.41) is 6.85. The van der Waals surface area contributed by atoms with Crippen LogP contribution in [0.25, 0.3) is 0 Å². The molecule has 0 radical (unpaired) electrons. The second kappa shape index (κ2) is 5.50. The van der Waals surface area contributed by atoms with Crippen LogP contribution < -0.4 is 0 Å². The van der Waals surface area contributed by atoms with Gasteiger partial charge < -0.3 is 0 Å². The highest BCUT2D eigenvalue weighted by molar-refractivity contribution is 7.89. The number of nitrogens with one attached hydrogen (secondary N) is 1. The van der Waals surface area contributed by atoms with E-state index in [1.165, 1.54) is 23.6 Å². The molecule has 0 unspecified atom stereocenters. The van der Waals surface area contributed by atoms with Crippen LogP contribution in [0.3, 0.4) is 0 Å². The predicted molar refractivity (Wildman–Crippen MR) is 73.7 cm³/mol. The molecule has 0 atom stereocenters.